The van der Waals surface area contributed by atoms with Crippen molar-refractivity contribution in [1.29, 1.82) is 0 Å². The van der Waals surface area contributed by atoms with Gasteiger partial charge in [0.05, 0.1) is 23.5 Å². The van der Waals surface area contributed by atoms with Gasteiger partial charge in [0.25, 0.3) is 5.91 Å². The summed E-state index contributed by atoms with van der Waals surface area (Å²) in [5.74, 6) is 6.31. The fourth-order valence-corrected chi connectivity index (χ4v) is 3.92. The van der Waals surface area contributed by atoms with Gasteiger partial charge in [-0.15, -0.1) is 0 Å². The van der Waals surface area contributed by atoms with E-state index in [-0.39, 0.29) is 17.3 Å². The molecule has 2 aromatic rings. The van der Waals surface area contributed by atoms with Gasteiger partial charge in [0, 0.05) is 50.9 Å². The zero-order valence-corrected chi connectivity index (χ0v) is 18.3. The average Bonchev–Trinajstić information content (AvgIpc) is 2.78. The molecule has 0 unspecified atom stereocenters. The first-order valence-corrected chi connectivity index (χ1v) is 10.2. The summed E-state index contributed by atoms with van der Waals surface area (Å²) in [6.07, 6.45) is 0. The van der Waals surface area contributed by atoms with Crippen molar-refractivity contribution in [2.24, 2.45) is 11.6 Å². The molecule has 9 nitrogen and oxygen atoms in total. The Labute approximate surface area is 186 Å². The quantitative estimate of drug-likeness (QED) is 0.222. The van der Waals surface area contributed by atoms with E-state index >= 15 is 0 Å². The predicted molar refractivity (Wildman–Crippen MR) is 120 cm³/mol. The summed E-state index contributed by atoms with van der Waals surface area (Å²) in [6, 6.07) is 12.6. The number of quaternary nitrogens is 1. The van der Waals surface area contributed by atoms with Crippen molar-refractivity contribution in [2.45, 2.75) is 0 Å². The van der Waals surface area contributed by atoms with Gasteiger partial charge in [-0.25, -0.2) is 11.0 Å². The van der Waals surface area contributed by atoms with E-state index in [9.17, 15) is 4.79 Å². The van der Waals surface area contributed by atoms with Crippen molar-refractivity contribution in [2.75, 3.05) is 45.2 Å². The SMILES string of the molecule is COc1ccccc1/C(N)=C(\C(=O)N1CCN(c2ccc([NH2+]O)cc2Cl)CC1)N(C)N. The summed E-state index contributed by atoms with van der Waals surface area (Å²) in [4.78, 5) is 17.1. The highest BCUT2D eigenvalue weighted by Gasteiger charge is 2.28. The molecule has 1 aliphatic rings. The molecule has 0 radical (unpaired) electrons. The predicted octanol–water partition coefficient (Wildman–Crippen LogP) is 0.714. The van der Waals surface area contributed by atoms with Gasteiger partial charge in [0.15, 0.2) is 5.69 Å². The van der Waals surface area contributed by atoms with Gasteiger partial charge >= 0.3 is 0 Å². The van der Waals surface area contributed by atoms with Crippen LogP contribution in [-0.4, -0.2) is 61.4 Å². The third-order valence-electron chi connectivity index (χ3n) is 5.24. The lowest BCUT2D eigenvalue weighted by Gasteiger charge is -2.37. The second-order valence-electron chi connectivity index (χ2n) is 7.19. The molecule has 0 atom stereocenters. The second kappa shape index (κ2) is 9.88. The zero-order chi connectivity index (χ0) is 22.5. The van der Waals surface area contributed by atoms with Crippen LogP contribution in [0.3, 0.4) is 0 Å². The minimum atomic E-state index is -0.246. The van der Waals surface area contributed by atoms with Gasteiger partial charge in [0.2, 0.25) is 0 Å². The molecule has 10 heteroatoms. The Hall–Kier alpha value is -2.98. The number of anilines is 1. The molecule has 0 bridgehead atoms. The highest BCUT2D eigenvalue weighted by molar-refractivity contribution is 6.33. The zero-order valence-electron chi connectivity index (χ0n) is 17.6. The smallest absolute Gasteiger partial charge is 0.273 e. The lowest BCUT2D eigenvalue weighted by molar-refractivity contribution is -0.825. The Morgan fingerprint density at radius 1 is 1.19 bits per heavy atom. The van der Waals surface area contributed by atoms with Crippen LogP contribution in [0.1, 0.15) is 5.56 Å². The summed E-state index contributed by atoms with van der Waals surface area (Å²) in [6.45, 7) is 2.17. The number of nitrogens with zero attached hydrogens (tertiary/aromatic N) is 3. The molecule has 0 saturated carbocycles. The van der Waals surface area contributed by atoms with Crippen molar-refractivity contribution in [3.05, 3.63) is 58.7 Å². The van der Waals surface area contributed by atoms with Gasteiger partial charge in [-0.05, 0) is 18.2 Å². The number of carbonyl (C=O) groups is 1. The van der Waals surface area contributed by atoms with E-state index in [4.69, 9.17) is 33.1 Å². The molecule has 1 fully saturated rings. The van der Waals surface area contributed by atoms with E-state index in [1.54, 1.807) is 43.3 Å². The molecule has 0 spiro atoms. The molecule has 2 aromatic carbocycles. The average molecular weight is 448 g/mol. The third kappa shape index (κ3) is 4.86. The van der Waals surface area contributed by atoms with Gasteiger partial charge in [-0.3, -0.25) is 4.79 Å². The number of amides is 1. The van der Waals surface area contributed by atoms with Crippen molar-refractivity contribution in [3.63, 3.8) is 0 Å². The number of hydrazine groups is 1. The number of para-hydroxylation sites is 1. The first-order chi connectivity index (χ1) is 14.9. The standard InChI is InChI=1S/C21H27ClN6O3/c1-26(24)20(19(23)15-5-3-4-6-18(15)31-2)21(29)28-11-9-27(10-12-28)17-8-7-14(25-30)13-16(17)22/h3-8,13,25,30H,9-12,23-24H2,1-2H3/p+1/b20-19-. The molecule has 7 N–H and O–H groups in total. The van der Waals surface area contributed by atoms with Crippen LogP contribution in [0.5, 0.6) is 5.75 Å². The van der Waals surface area contributed by atoms with E-state index in [1.165, 1.54) is 5.01 Å². The number of benzene rings is 2. The van der Waals surface area contributed by atoms with Gasteiger partial charge in [0.1, 0.15) is 11.4 Å². The summed E-state index contributed by atoms with van der Waals surface area (Å²) < 4.78 is 5.38. The van der Waals surface area contributed by atoms with Crippen LogP contribution in [0.15, 0.2) is 48.2 Å². The molecule has 0 aromatic heterocycles. The molecule has 1 amide bonds. The summed E-state index contributed by atoms with van der Waals surface area (Å²) >= 11 is 6.36. The largest absolute Gasteiger partial charge is 0.496 e. The maximum Gasteiger partial charge on any atom is 0.273 e. The molecule has 1 heterocycles. The van der Waals surface area contributed by atoms with Crippen molar-refractivity contribution >= 4 is 34.6 Å². The monoisotopic (exact) mass is 447 g/mol. The maximum atomic E-state index is 13.3. The van der Waals surface area contributed by atoms with E-state index < -0.39 is 0 Å². The Balaban J connectivity index is 1.79. The van der Waals surface area contributed by atoms with Crippen molar-refractivity contribution in [3.8, 4) is 5.75 Å². The van der Waals surface area contributed by atoms with Crippen molar-refractivity contribution < 1.29 is 20.2 Å². The van der Waals surface area contributed by atoms with Crippen molar-refractivity contribution in [1.82, 2.24) is 9.91 Å². The van der Waals surface area contributed by atoms with Crippen LogP contribution < -0.4 is 26.7 Å². The van der Waals surface area contributed by atoms with Gasteiger partial charge < -0.3 is 25.3 Å². The molecule has 3 rings (SSSR count). The fraction of sp³-hybridized carbons (Fsp3) is 0.286. The van der Waals surface area contributed by atoms with Gasteiger partial charge in [-0.2, -0.15) is 5.48 Å². The van der Waals surface area contributed by atoms with E-state index in [0.717, 1.165) is 11.2 Å². The molecule has 0 aliphatic carbocycles. The third-order valence-corrected chi connectivity index (χ3v) is 5.54. The first kappa shape index (κ1) is 22.7. The molecule has 166 valence electrons. The Morgan fingerprint density at radius 3 is 2.45 bits per heavy atom. The fourth-order valence-electron chi connectivity index (χ4n) is 3.61. The molecule has 1 aliphatic heterocycles. The number of hydrogen-bond donors (Lipinski definition) is 4. The highest BCUT2D eigenvalue weighted by Crippen LogP contribution is 2.29. The minimum Gasteiger partial charge on any atom is -0.496 e. The number of carbonyl (C=O) groups excluding carboxylic acids is 1. The lowest BCUT2D eigenvalue weighted by Crippen LogP contribution is -2.73. The van der Waals surface area contributed by atoms with Crippen LogP contribution in [0, 0.1) is 0 Å². The van der Waals surface area contributed by atoms with Crippen LogP contribution >= 0.6 is 11.6 Å². The number of halogens is 1. The molecule has 1 saturated heterocycles. The topological polar surface area (TPSA) is 125 Å². The molecule has 31 heavy (non-hydrogen) atoms. The van der Waals surface area contributed by atoms with Crippen LogP contribution in [0.2, 0.25) is 5.02 Å². The number of ether oxygens (including phenoxy) is 1. The Morgan fingerprint density at radius 2 is 1.87 bits per heavy atom. The van der Waals surface area contributed by atoms with Crippen LogP contribution in [0.25, 0.3) is 5.70 Å². The summed E-state index contributed by atoms with van der Waals surface area (Å²) in [5, 5.41) is 10.9. The second-order valence-corrected chi connectivity index (χ2v) is 7.60. The number of rotatable bonds is 6. The van der Waals surface area contributed by atoms with Gasteiger partial charge in [-0.1, -0.05) is 23.7 Å². The molecular formula is C21H28ClN6O3+. The minimum absolute atomic E-state index is 0.207. The highest BCUT2D eigenvalue weighted by atomic mass is 35.5. The number of methoxy groups -OCH3 is 1. The van der Waals surface area contributed by atoms with Crippen LogP contribution in [0.4, 0.5) is 11.4 Å². The first-order valence-electron chi connectivity index (χ1n) is 9.80. The van der Waals surface area contributed by atoms with E-state index in [0.29, 0.717) is 48.2 Å². The maximum absolute atomic E-state index is 13.3. The summed E-state index contributed by atoms with van der Waals surface area (Å²) in [7, 11) is 3.14. The Kier molecular flexibility index (Phi) is 7.24. The lowest BCUT2D eigenvalue weighted by atomic mass is 10.1. The summed E-state index contributed by atoms with van der Waals surface area (Å²) in [5.41, 5.74) is 9.95. The number of hydrogen-bond acceptors (Lipinski definition) is 7. The molecular weight excluding hydrogens is 420 g/mol. The number of nitrogens with two attached hydrogens (primary N) is 3. The van der Waals surface area contributed by atoms with E-state index in [1.807, 2.05) is 18.2 Å². The Bertz CT molecular complexity index is 973. The van der Waals surface area contributed by atoms with Crippen LogP contribution in [-0.2, 0) is 4.79 Å². The normalized spacial score (nSPS) is 14.9. The van der Waals surface area contributed by atoms with E-state index in [2.05, 4.69) is 4.90 Å². The number of piperazine rings is 1. The number of likely N-dealkylation sites (N-methyl/N-ethyl adjacent to an activating group) is 1.